The largest absolute Gasteiger partial charge is 0.497 e. The summed E-state index contributed by atoms with van der Waals surface area (Å²) in [7, 11) is 3.69. The first-order chi connectivity index (χ1) is 10.7. The van der Waals surface area contributed by atoms with Crippen LogP contribution in [0.3, 0.4) is 0 Å². The zero-order valence-electron chi connectivity index (χ0n) is 12.9. The molecule has 0 aliphatic heterocycles. The van der Waals surface area contributed by atoms with E-state index in [0.29, 0.717) is 13.2 Å². The van der Waals surface area contributed by atoms with E-state index in [1.807, 2.05) is 37.4 Å². The van der Waals surface area contributed by atoms with Gasteiger partial charge in [0.2, 0.25) is 0 Å². The van der Waals surface area contributed by atoms with E-state index < -0.39 is 0 Å². The van der Waals surface area contributed by atoms with Crippen LogP contribution >= 0.6 is 0 Å². The number of nitrogens with two attached hydrogens (primary N) is 1. The fourth-order valence-corrected chi connectivity index (χ4v) is 2.75. The Labute approximate surface area is 130 Å². The Morgan fingerprint density at radius 1 is 1.05 bits per heavy atom. The maximum absolute atomic E-state index is 5.92. The summed E-state index contributed by atoms with van der Waals surface area (Å²) in [6, 6.07) is 13.8. The molecule has 4 heteroatoms. The quantitative estimate of drug-likeness (QED) is 0.786. The molecule has 0 bridgehead atoms. The minimum absolute atomic E-state index is 0.502. The summed E-state index contributed by atoms with van der Waals surface area (Å²) in [5.74, 6) is 1.58. The summed E-state index contributed by atoms with van der Waals surface area (Å²) >= 11 is 0. The van der Waals surface area contributed by atoms with Gasteiger partial charge in [-0.15, -0.1) is 0 Å². The molecule has 2 aromatic carbocycles. The standard InChI is InChI=1S/C18H20N2O2/c1-20-11-14(18-13(10-19)5-3-8-17(18)20)12-22-16-7-4-6-15(9-16)21-2/h3-9,11H,10,12,19H2,1-2H3. The third-order valence-corrected chi connectivity index (χ3v) is 3.83. The number of fused-ring (bicyclic) bond motifs is 1. The van der Waals surface area contributed by atoms with Crippen LogP contribution in [0.15, 0.2) is 48.7 Å². The molecule has 1 aromatic heterocycles. The van der Waals surface area contributed by atoms with Crippen molar-refractivity contribution in [2.24, 2.45) is 12.8 Å². The lowest BCUT2D eigenvalue weighted by molar-refractivity contribution is 0.305. The van der Waals surface area contributed by atoms with Crippen molar-refractivity contribution in [2.75, 3.05) is 7.11 Å². The third kappa shape index (κ3) is 2.65. The molecule has 3 rings (SSSR count). The first-order valence-electron chi connectivity index (χ1n) is 7.25. The Bertz CT molecular complexity index is 793. The summed E-state index contributed by atoms with van der Waals surface area (Å²) in [5.41, 5.74) is 9.33. The number of benzene rings is 2. The molecule has 0 atom stereocenters. The van der Waals surface area contributed by atoms with Crippen molar-refractivity contribution in [2.45, 2.75) is 13.2 Å². The summed E-state index contributed by atoms with van der Waals surface area (Å²) in [5, 5.41) is 1.19. The van der Waals surface area contributed by atoms with Gasteiger partial charge in [-0.3, -0.25) is 0 Å². The van der Waals surface area contributed by atoms with Crippen LogP contribution in [0, 0.1) is 0 Å². The van der Waals surface area contributed by atoms with E-state index in [4.69, 9.17) is 15.2 Å². The molecule has 0 saturated heterocycles. The summed E-state index contributed by atoms with van der Waals surface area (Å²) in [4.78, 5) is 0. The van der Waals surface area contributed by atoms with Crippen LogP contribution in [-0.2, 0) is 20.2 Å². The van der Waals surface area contributed by atoms with Crippen molar-refractivity contribution in [3.8, 4) is 11.5 Å². The molecule has 1 heterocycles. The predicted molar refractivity (Wildman–Crippen MR) is 88.1 cm³/mol. The smallest absolute Gasteiger partial charge is 0.123 e. The first kappa shape index (κ1) is 14.5. The molecule has 4 nitrogen and oxygen atoms in total. The zero-order chi connectivity index (χ0) is 15.5. The average Bonchev–Trinajstić information content (AvgIpc) is 2.89. The molecule has 22 heavy (non-hydrogen) atoms. The van der Waals surface area contributed by atoms with Gasteiger partial charge < -0.3 is 19.8 Å². The monoisotopic (exact) mass is 296 g/mol. The van der Waals surface area contributed by atoms with Crippen molar-refractivity contribution in [3.05, 3.63) is 59.8 Å². The molecule has 3 aromatic rings. The lowest BCUT2D eigenvalue weighted by atomic mass is 10.1. The van der Waals surface area contributed by atoms with Crippen LogP contribution in [0.1, 0.15) is 11.1 Å². The fourth-order valence-electron chi connectivity index (χ4n) is 2.75. The van der Waals surface area contributed by atoms with Crippen LogP contribution in [0.5, 0.6) is 11.5 Å². The highest BCUT2D eigenvalue weighted by molar-refractivity contribution is 5.87. The molecular formula is C18H20N2O2. The average molecular weight is 296 g/mol. The second-order valence-corrected chi connectivity index (χ2v) is 5.25. The number of aryl methyl sites for hydroxylation is 1. The van der Waals surface area contributed by atoms with Gasteiger partial charge in [-0.05, 0) is 23.8 Å². The summed E-state index contributed by atoms with van der Waals surface area (Å²) in [6.07, 6.45) is 2.10. The molecule has 0 spiro atoms. The molecule has 0 aliphatic rings. The van der Waals surface area contributed by atoms with Crippen LogP contribution < -0.4 is 15.2 Å². The molecular weight excluding hydrogens is 276 g/mol. The van der Waals surface area contributed by atoms with Gasteiger partial charge in [0.05, 0.1) is 7.11 Å². The predicted octanol–water partition coefficient (Wildman–Crippen LogP) is 3.22. The number of hydrogen-bond donors (Lipinski definition) is 1. The van der Waals surface area contributed by atoms with Crippen molar-refractivity contribution in [1.29, 1.82) is 0 Å². The molecule has 0 amide bonds. The van der Waals surface area contributed by atoms with E-state index in [-0.39, 0.29) is 0 Å². The van der Waals surface area contributed by atoms with Gasteiger partial charge in [0.25, 0.3) is 0 Å². The first-order valence-corrected chi connectivity index (χ1v) is 7.25. The van der Waals surface area contributed by atoms with Gasteiger partial charge in [0.1, 0.15) is 18.1 Å². The maximum Gasteiger partial charge on any atom is 0.123 e. The topological polar surface area (TPSA) is 49.4 Å². The molecule has 0 unspecified atom stereocenters. The Morgan fingerprint density at radius 2 is 1.82 bits per heavy atom. The Balaban J connectivity index is 1.90. The number of rotatable bonds is 5. The Morgan fingerprint density at radius 3 is 2.59 bits per heavy atom. The number of aromatic nitrogens is 1. The van der Waals surface area contributed by atoms with Gasteiger partial charge >= 0.3 is 0 Å². The third-order valence-electron chi connectivity index (χ3n) is 3.83. The lowest BCUT2D eigenvalue weighted by Gasteiger charge is -2.08. The second-order valence-electron chi connectivity index (χ2n) is 5.25. The highest BCUT2D eigenvalue weighted by Gasteiger charge is 2.10. The second kappa shape index (κ2) is 6.12. The Hall–Kier alpha value is -2.46. The normalized spacial score (nSPS) is 10.9. The van der Waals surface area contributed by atoms with Crippen LogP contribution in [0.25, 0.3) is 10.9 Å². The van der Waals surface area contributed by atoms with E-state index in [9.17, 15) is 0 Å². The lowest BCUT2D eigenvalue weighted by Crippen LogP contribution is -2.00. The van der Waals surface area contributed by atoms with Gasteiger partial charge in [-0.25, -0.2) is 0 Å². The molecule has 0 saturated carbocycles. The van der Waals surface area contributed by atoms with Crippen molar-refractivity contribution in [3.63, 3.8) is 0 Å². The zero-order valence-corrected chi connectivity index (χ0v) is 12.9. The molecule has 0 radical (unpaired) electrons. The van der Waals surface area contributed by atoms with Crippen molar-refractivity contribution in [1.82, 2.24) is 4.57 Å². The van der Waals surface area contributed by atoms with Gasteiger partial charge in [0.15, 0.2) is 0 Å². The van der Waals surface area contributed by atoms with E-state index >= 15 is 0 Å². The molecule has 0 aliphatic carbocycles. The maximum atomic E-state index is 5.92. The van der Waals surface area contributed by atoms with Crippen LogP contribution in [-0.4, -0.2) is 11.7 Å². The van der Waals surface area contributed by atoms with Crippen LogP contribution in [0.4, 0.5) is 0 Å². The number of ether oxygens (including phenoxy) is 2. The van der Waals surface area contributed by atoms with Crippen molar-refractivity contribution < 1.29 is 9.47 Å². The number of methoxy groups -OCH3 is 1. The highest BCUT2D eigenvalue weighted by Crippen LogP contribution is 2.26. The van der Waals surface area contributed by atoms with Gasteiger partial charge in [0, 0.05) is 42.3 Å². The van der Waals surface area contributed by atoms with E-state index in [1.165, 1.54) is 10.9 Å². The highest BCUT2D eigenvalue weighted by atomic mass is 16.5. The number of nitrogens with zero attached hydrogens (tertiary/aromatic N) is 1. The van der Waals surface area contributed by atoms with E-state index in [2.05, 4.69) is 22.9 Å². The Kier molecular flexibility index (Phi) is 4.02. The minimum atomic E-state index is 0.502. The minimum Gasteiger partial charge on any atom is -0.497 e. The molecule has 114 valence electrons. The van der Waals surface area contributed by atoms with Gasteiger partial charge in [-0.1, -0.05) is 18.2 Å². The SMILES string of the molecule is COc1cccc(OCc2cn(C)c3cccc(CN)c23)c1. The van der Waals surface area contributed by atoms with Crippen LogP contribution in [0.2, 0.25) is 0 Å². The molecule has 0 fully saturated rings. The van der Waals surface area contributed by atoms with Gasteiger partial charge in [-0.2, -0.15) is 0 Å². The van der Waals surface area contributed by atoms with E-state index in [0.717, 1.165) is 22.6 Å². The summed E-state index contributed by atoms with van der Waals surface area (Å²) < 4.78 is 13.2. The number of hydrogen-bond acceptors (Lipinski definition) is 3. The van der Waals surface area contributed by atoms with E-state index in [1.54, 1.807) is 7.11 Å². The van der Waals surface area contributed by atoms with Crippen molar-refractivity contribution >= 4 is 10.9 Å². The fraction of sp³-hybridized carbons (Fsp3) is 0.222. The molecule has 2 N–H and O–H groups in total. The summed E-state index contributed by atoms with van der Waals surface area (Å²) in [6.45, 7) is 1.02.